The number of hydrogen-bond acceptors (Lipinski definition) is 0. The molecule has 0 radical (unpaired) electrons. The quantitative estimate of drug-likeness (QED) is 0.478. The summed E-state index contributed by atoms with van der Waals surface area (Å²) in [6.45, 7) is 1.22. The van der Waals surface area contributed by atoms with Crippen LogP contribution in [0.5, 0.6) is 0 Å². The Kier molecular flexibility index (Phi) is 2.53. The summed E-state index contributed by atoms with van der Waals surface area (Å²) in [6, 6.07) is 0.309. The predicted octanol–water partition coefficient (Wildman–Crippen LogP) is 0.968. The van der Waals surface area contributed by atoms with Gasteiger partial charge in [0.15, 0.2) is 0 Å². The van der Waals surface area contributed by atoms with Gasteiger partial charge in [-0.3, -0.25) is 0 Å². The van der Waals surface area contributed by atoms with Crippen molar-refractivity contribution in [2.75, 3.05) is 0 Å². The molecule has 4 heteroatoms. The molecule has 0 heterocycles. The van der Waals surface area contributed by atoms with Crippen molar-refractivity contribution in [3.05, 3.63) is 0 Å². The molecule has 0 spiro atoms. The molecule has 0 fully saturated rings. The fourth-order valence-corrected chi connectivity index (χ4v) is 0.694. The highest BCUT2D eigenvalue weighted by Gasteiger charge is 2.33. The fraction of sp³-hybridized carbons (Fsp3) is 1.00. The van der Waals surface area contributed by atoms with Crippen LogP contribution in [0.3, 0.4) is 0 Å². The zero-order chi connectivity index (χ0) is 6.78. The van der Waals surface area contributed by atoms with Gasteiger partial charge in [-0.25, -0.2) is 0 Å². The van der Waals surface area contributed by atoms with E-state index < -0.39 is 12.1 Å². The molecule has 0 aromatic carbocycles. The summed E-state index contributed by atoms with van der Waals surface area (Å²) < 4.78 is 34.4. The molecule has 0 aromatic heterocycles. The van der Waals surface area contributed by atoms with E-state index in [0.29, 0.717) is 16.3 Å². The van der Waals surface area contributed by atoms with Crippen molar-refractivity contribution in [3.63, 3.8) is 0 Å². The van der Waals surface area contributed by atoms with Crippen LogP contribution in [0, 0.1) is 5.92 Å². The maximum atomic E-state index is 11.5. The van der Waals surface area contributed by atoms with Crippen LogP contribution in [0.15, 0.2) is 0 Å². The van der Waals surface area contributed by atoms with Crippen LogP contribution < -0.4 is 0 Å². The van der Waals surface area contributed by atoms with Crippen LogP contribution in [-0.4, -0.2) is 16.4 Å². The minimum absolute atomic E-state index is 0.309. The molecule has 0 N–H and O–H groups in total. The second kappa shape index (κ2) is 2.52. The monoisotopic (exact) mass is 142 g/mol. The van der Waals surface area contributed by atoms with Crippen LogP contribution in [0.2, 0.25) is 6.04 Å². The number of rotatable bonds is 1. The highest BCUT2D eigenvalue weighted by Crippen LogP contribution is 2.27. The van der Waals surface area contributed by atoms with Gasteiger partial charge >= 0.3 is 6.18 Å². The van der Waals surface area contributed by atoms with Crippen LogP contribution in [-0.2, 0) is 0 Å². The van der Waals surface area contributed by atoms with Crippen LogP contribution >= 0.6 is 0 Å². The lowest BCUT2D eigenvalue weighted by Crippen LogP contribution is -2.18. The van der Waals surface area contributed by atoms with Crippen LogP contribution in [0.4, 0.5) is 13.2 Å². The zero-order valence-corrected chi connectivity index (χ0v) is 6.92. The number of alkyl halides is 3. The lowest BCUT2D eigenvalue weighted by Gasteiger charge is -2.11. The van der Waals surface area contributed by atoms with E-state index in [4.69, 9.17) is 0 Å². The van der Waals surface area contributed by atoms with Gasteiger partial charge in [-0.1, -0.05) is 13.0 Å². The molecule has 0 amide bonds. The molecular weight excluding hydrogens is 133 g/mol. The van der Waals surface area contributed by atoms with E-state index in [1.54, 1.807) is 0 Å². The molecule has 50 valence electrons. The van der Waals surface area contributed by atoms with Gasteiger partial charge < -0.3 is 0 Å². The smallest absolute Gasteiger partial charge is 0.171 e. The third kappa shape index (κ3) is 2.35. The molecule has 0 bridgehead atoms. The van der Waals surface area contributed by atoms with E-state index in [1.807, 2.05) is 0 Å². The van der Waals surface area contributed by atoms with Gasteiger partial charge in [-0.05, 0) is 0 Å². The summed E-state index contributed by atoms with van der Waals surface area (Å²) in [7, 11) is 0.634. The lowest BCUT2D eigenvalue weighted by atomic mass is 10.2. The first-order valence-electron chi connectivity index (χ1n) is 2.55. The normalized spacial score (nSPS) is 16.5. The highest BCUT2D eigenvalue weighted by molar-refractivity contribution is 6.08. The number of hydrogen-bond donors (Lipinski definition) is 0. The van der Waals surface area contributed by atoms with Gasteiger partial charge in [0.25, 0.3) is 0 Å². The van der Waals surface area contributed by atoms with E-state index in [1.165, 1.54) is 6.92 Å². The van der Waals surface area contributed by atoms with Crippen molar-refractivity contribution in [2.24, 2.45) is 5.92 Å². The Morgan fingerprint density at radius 1 is 1.50 bits per heavy atom. The Bertz CT molecular complexity index is 68.2. The van der Waals surface area contributed by atoms with Crippen LogP contribution in [0.1, 0.15) is 6.92 Å². The van der Waals surface area contributed by atoms with E-state index in [-0.39, 0.29) is 0 Å². The van der Waals surface area contributed by atoms with E-state index in [2.05, 4.69) is 0 Å². The van der Waals surface area contributed by atoms with Crippen molar-refractivity contribution in [2.45, 2.75) is 19.1 Å². The Hall–Kier alpha value is 0.00688. The molecule has 0 aliphatic heterocycles. The van der Waals surface area contributed by atoms with Crippen LogP contribution in [0.25, 0.3) is 0 Å². The summed E-state index contributed by atoms with van der Waals surface area (Å²) in [5.41, 5.74) is 0. The van der Waals surface area contributed by atoms with Gasteiger partial charge in [-0.15, -0.1) is 0 Å². The molecule has 8 heavy (non-hydrogen) atoms. The zero-order valence-electron chi connectivity index (χ0n) is 4.92. The van der Waals surface area contributed by atoms with Crippen molar-refractivity contribution in [1.29, 1.82) is 0 Å². The van der Waals surface area contributed by atoms with Crippen molar-refractivity contribution < 1.29 is 13.2 Å². The highest BCUT2D eigenvalue weighted by atomic mass is 28.1. The molecule has 0 saturated carbocycles. The van der Waals surface area contributed by atoms with Gasteiger partial charge in [0.2, 0.25) is 0 Å². The minimum atomic E-state index is -3.96. The second-order valence-corrected chi connectivity index (χ2v) is 2.67. The average Bonchev–Trinajstić information content (AvgIpc) is 1.62. The summed E-state index contributed by atoms with van der Waals surface area (Å²) in [5.74, 6) is -1.09. The third-order valence-electron chi connectivity index (χ3n) is 1.17. The van der Waals surface area contributed by atoms with Crippen molar-refractivity contribution >= 4 is 10.2 Å². The Morgan fingerprint density at radius 3 is 1.88 bits per heavy atom. The molecule has 0 aromatic rings. The fourth-order valence-electron chi connectivity index (χ4n) is 0.231. The molecule has 0 aliphatic carbocycles. The van der Waals surface area contributed by atoms with E-state index in [9.17, 15) is 13.2 Å². The second-order valence-electron chi connectivity index (χ2n) is 1.85. The topological polar surface area (TPSA) is 0 Å². The molecule has 1 unspecified atom stereocenters. The Morgan fingerprint density at radius 2 is 1.88 bits per heavy atom. The summed E-state index contributed by atoms with van der Waals surface area (Å²) in [6.07, 6.45) is -3.96. The molecule has 0 nitrogen and oxygen atoms in total. The van der Waals surface area contributed by atoms with Gasteiger partial charge in [0.1, 0.15) is 0 Å². The largest absolute Gasteiger partial charge is 0.391 e. The maximum absolute atomic E-state index is 11.5. The van der Waals surface area contributed by atoms with Crippen molar-refractivity contribution in [1.82, 2.24) is 0 Å². The molecule has 0 rings (SSSR count). The summed E-state index contributed by atoms with van der Waals surface area (Å²) >= 11 is 0. The van der Waals surface area contributed by atoms with Crippen molar-refractivity contribution in [3.8, 4) is 0 Å². The number of halogens is 3. The molecule has 1 atom stereocenters. The van der Waals surface area contributed by atoms with Gasteiger partial charge in [0, 0.05) is 16.2 Å². The third-order valence-corrected chi connectivity index (χ3v) is 2.40. The first kappa shape index (κ1) is 8.01. The first-order chi connectivity index (χ1) is 3.48. The van der Waals surface area contributed by atoms with Gasteiger partial charge in [-0.2, -0.15) is 13.2 Å². The predicted molar refractivity (Wildman–Crippen MR) is 30.0 cm³/mol. The standard InChI is InChI=1S/C4H9F3Si/c1-3(2-8)4(5,6)7/h3H,2H2,1,8H3. The molecule has 0 saturated heterocycles. The minimum Gasteiger partial charge on any atom is -0.171 e. The molecular formula is C4H9F3Si. The van der Waals surface area contributed by atoms with Gasteiger partial charge in [0.05, 0.1) is 0 Å². The van der Waals surface area contributed by atoms with E-state index >= 15 is 0 Å². The molecule has 0 aliphatic rings. The lowest BCUT2D eigenvalue weighted by molar-refractivity contribution is -0.164. The summed E-state index contributed by atoms with van der Waals surface area (Å²) in [5, 5.41) is 0. The Balaban J connectivity index is 3.62. The van der Waals surface area contributed by atoms with E-state index in [0.717, 1.165) is 0 Å². The Labute approximate surface area is 49.5 Å². The maximum Gasteiger partial charge on any atom is 0.391 e. The SMILES string of the molecule is CC(C[SiH3])C(F)(F)F. The first-order valence-corrected chi connectivity index (χ1v) is 3.96. The summed E-state index contributed by atoms with van der Waals surface area (Å²) in [4.78, 5) is 0. The average molecular weight is 142 g/mol.